The molecule has 0 saturated heterocycles. The van der Waals surface area contributed by atoms with E-state index in [-0.39, 0.29) is 0 Å². The Morgan fingerprint density at radius 1 is 1.29 bits per heavy atom. The van der Waals surface area contributed by atoms with Crippen molar-refractivity contribution in [1.82, 2.24) is 0 Å². The topological polar surface area (TPSA) is 38.5 Å². The summed E-state index contributed by atoms with van der Waals surface area (Å²) in [5.74, 6) is 0.952. The third kappa shape index (κ3) is 2.72. The lowest BCUT2D eigenvalue weighted by Gasteiger charge is -2.31. The van der Waals surface area contributed by atoms with E-state index in [2.05, 4.69) is 17.0 Å². The van der Waals surface area contributed by atoms with Crippen molar-refractivity contribution in [2.75, 3.05) is 25.1 Å². The minimum absolute atomic E-state index is 0.634. The SMILES string of the molecule is COc1ccccc1N(CCN)C1CCCC1. The predicted molar refractivity (Wildman–Crippen MR) is 71.7 cm³/mol. The van der Waals surface area contributed by atoms with Crippen molar-refractivity contribution < 1.29 is 4.74 Å². The molecule has 1 saturated carbocycles. The molecule has 94 valence electrons. The van der Waals surface area contributed by atoms with Crippen molar-refractivity contribution >= 4 is 5.69 Å². The fourth-order valence-electron chi connectivity index (χ4n) is 2.72. The second-order valence-corrected chi connectivity index (χ2v) is 4.59. The largest absolute Gasteiger partial charge is 0.495 e. The van der Waals surface area contributed by atoms with E-state index in [1.165, 1.54) is 31.4 Å². The molecule has 0 atom stereocenters. The summed E-state index contributed by atoms with van der Waals surface area (Å²) in [4.78, 5) is 2.42. The normalized spacial score (nSPS) is 16.1. The molecule has 2 N–H and O–H groups in total. The van der Waals surface area contributed by atoms with Gasteiger partial charge in [-0.25, -0.2) is 0 Å². The standard InChI is InChI=1S/C14H22N2O/c1-17-14-9-5-4-8-13(14)16(11-10-15)12-6-2-3-7-12/h4-5,8-9,12H,2-3,6-7,10-11,15H2,1H3. The van der Waals surface area contributed by atoms with Gasteiger partial charge >= 0.3 is 0 Å². The van der Waals surface area contributed by atoms with Gasteiger partial charge in [-0.2, -0.15) is 0 Å². The molecular weight excluding hydrogens is 212 g/mol. The first-order chi connectivity index (χ1) is 8.36. The number of nitrogens with two attached hydrogens (primary N) is 1. The van der Waals surface area contributed by atoms with Gasteiger partial charge in [0.2, 0.25) is 0 Å². The summed E-state index contributed by atoms with van der Waals surface area (Å²) in [6.45, 7) is 1.60. The van der Waals surface area contributed by atoms with Crippen LogP contribution in [0.15, 0.2) is 24.3 Å². The lowest BCUT2D eigenvalue weighted by Crippen LogP contribution is -2.37. The number of nitrogens with zero attached hydrogens (tertiary/aromatic N) is 1. The van der Waals surface area contributed by atoms with Crippen LogP contribution in [0.1, 0.15) is 25.7 Å². The van der Waals surface area contributed by atoms with Crippen molar-refractivity contribution in [3.05, 3.63) is 24.3 Å². The zero-order valence-corrected chi connectivity index (χ0v) is 10.6. The molecule has 0 amide bonds. The van der Waals surface area contributed by atoms with Gasteiger partial charge < -0.3 is 15.4 Å². The Labute approximate surface area is 104 Å². The Hall–Kier alpha value is -1.22. The minimum atomic E-state index is 0.634. The molecule has 1 aromatic carbocycles. The van der Waals surface area contributed by atoms with E-state index in [0.717, 1.165) is 12.3 Å². The Morgan fingerprint density at radius 2 is 2.00 bits per heavy atom. The number of rotatable bonds is 5. The van der Waals surface area contributed by atoms with Gasteiger partial charge in [0, 0.05) is 19.1 Å². The van der Waals surface area contributed by atoms with E-state index in [0.29, 0.717) is 12.6 Å². The van der Waals surface area contributed by atoms with Gasteiger partial charge in [-0.15, -0.1) is 0 Å². The first kappa shape index (κ1) is 12.2. The molecule has 0 bridgehead atoms. The van der Waals surface area contributed by atoms with E-state index in [9.17, 15) is 0 Å². The van der Waals surface area contributed by atoms with Crippen LogP contribution in [0.25, 0.3) is 0 Å². The third-order valence-electron chi connectivity index (χ3n) is 3.53. The zero-order chi connectivity index (χ0) is 12.1. The summed E-state index contributed by atoms with van der Waals surface area (Å²) in [6.07, 6.45) is 5.22. The number of hydrogen-bond donors (Lipinski definition) is 1. The monoisotopic (exact) mass is 234 g/mol. The van der Waals surface area contributed by atoms with Crippen molar-refractivity contribution in [1.29, 1.82) is 0 Å². The summed E-state index contributed by atoms with van der Waals surface area (Å²) in [7, 11) is 1.73. The third-order valence-corrected chi connectivity index (χ3v) is 3.53. The average Bonchev–Trinajstić information content (AvgIpc) is 2.89. The van der Waals surface area contributed by atoms with Crippen molar-refractivity contribution in [3.63, 3.8) is 0 Å². The Bertz CT molecular complexity index is 348. The highest BCUT2D eigenvalue weighted by Gasteiger charge is 2.24. The molecule has 1 aliphatic carbocycles. The second-order valence-electron chi connectivity index (χ2n) is 4.59. The maximum Gasteiger partial charge on any atom is 0.142 e. The minimum Gasteiger partial charge on any atom is -0.495 e. The van der Waals surface area contributed by atoms with Gasteiger partial charge in [0.05, 0.1) is 12.8 Å². The van der Waals surface area contributed by atoms with Crippen LogP contribution < -0.4 is 15.4 Å². The predicted octanol–water partition coefficient (Wildman–Crippen LogP) is 2.40. The molecule has 3 heteroatoms. The van der Waals surface area contributed by atoms with Gasteiger partial charge in [-0.05, 0) is 25.0 Å². The molecule has 0 aromatic heterocycles. The summed E-state index contributed by atoms with van der Waals surface area (Å²) < 4.78 is 5.45. The first-order valence-corrected chi connectivity index (χ1v) is 6.46. The molecule has 1 aromatic rings. The summed E-state index contributed by atoms with van der Waals surface area (Å²) >= 11 is 0. The summed E-state index contributed by atoms with van der Waals surface area (Å²) in [5, 5.41) is 0. The van der Waals surface area contributed by atoms with Crippen LogP contribution in [0, 0.1) is 0 Å². The molecule has 0 heterocycles. The maximum atomic E-state index is 5.74. The van der Waals surface area contributed by atoms with Crippen LogP contribution in [0.5, 0.6) is 5.75 Å². The maximum absolute atomic E-state index is 5.74. The van der Waals surface area contributed by atoms with E-state index in [4.69, 9.17) is 10.5 Å². The Balaban J connectivity index is 2.24. The number of methoxy groups -OCH3 is 1. The van der Waals surface area contributed by atoms with E-state index in [1.54, 1.807) is 7.11 Å². The van der Waals surface area contributed by atoms with Gasteiger partial charge in [-0.1, -0.05) is 25.0 Å². The van der Waals surface area contributed by atoms with Gasteiger partial charge in [0.1, 0.15) is 5.75 Å². The number of ether oxygens (including phenoxy) is 1. The molecule has 0 radical (unpaired) electrons. The molecule has 0 aliphatic heterocycles. The highest BCUT2D eigenvalue weighted by atomic mass is 16.5. The molecule has 2 rings (SSSR count). The average molecular weight is 234 g/mol. The molecule has 1 fully saturated rings. The Morgan fingerprint density at radius 3 is 2.65 bits per heavy atom. The highest BCUT2D eigenvalue weighted by molar-refractivity contribution is 5.59. The Kier molecular flexibility index (Phi) is 4.26. The molecule has 0 spiro atoms. The lowest BCUT2D eigenvalue weighted by molar-refractivity contribution is 0.412. The van der Waals surface area contributed by atoms with Crippen LogP contribution in [0.4, 0.5) is 5.69 Å². The van der Waals surface area contributed by atoms with Crippen LogP contribution in [0.2, 0.25) is 0 Å². The van der Waals surface area contributed by atoms with Crippen molar-refractivity contribution in [3.8, 4) is 5.75 Å². The van der Waals surface area contributed by atoms with Gasteiger partial charge in [0.15, 0.2) is 0 Å². The van der Waals surface area contributed by atoms with Gasteiger partial charge in [-0.3, -0.25) is 0 Å². The first-order valence-electron chi connectivity index (χ1n) is 6.46. The van der Waals surface area contributed by atoms with Crippen LogP contribution in [-0.4, -0.2) is 26.2 Å². The second kappa shape index (κ2) is 5.92. The van der Waals surface area contributed by atoms with Gasteiger partial charge in [0.25, 0.3) is 0 Å². The lowest BCUT2D eigenvalue weighted by atomic mass is 10.1. The van der Waals surface area contributed by atoms with Crippen LogP contribution in [0.3, 0.4) is 0 Å². The van der Waals surface area contributed by atoms with Crippen LogP contribution >= 0.6 is 0 Å². The molecule has 17 heavy (non-hydrogen) atoms. The molecule has 3 nitrogen and oxygen atoms in total. The van der Waals surface area contributed by atoms with Crippen molar-refractivity contribution in [2.45, 2.75) is 31.7 Å². The fourth-order valence-corrected chi connectivity index (χ4v) is 2.72. The molecule has 1 aliphatic rings. The number of para-hydroxylation sites is 2. The summed E-state index contributed by atoms with van der Waals surface area (Å²) in [5.41, 5.74) is 6.93. The fraction of sp³-hybridized carbons (Fsp3) is 0.571. The quantitative estimate of drug-likeness (QED) is 0.850. The highest BCUT2D eigenvalue weighted by Crippen LogP contribution is 2.33. The van der Waals surface area contributed by atoms with Crippen LogP contribution in [-0.2, 0) is 0 Å². The van der Waals surface area contributed by atoms with E-state index in [1.807, 2.05) is 12.1 Å². The van der Waals surface area contributed by atoms with Crippen molar-refractivity contribution in [2.24, 2.45) is 5.73 Å². The molecule has 0 unspecified atom stereocenters. The molecular formula is C14H22N2O. The summed E-state index contributed by atoms with van der Waals surface area (Å²) in [6, 6.07) is 8.86. The number of hydrogen-bond acceptors (Lipinski definition) is 3. The smallest absolute Gasteiger partial charge is 0.142 e. The van der Waals surface area contributed by atoms with E-state index >= 15 is 0 Å². The number of benzene rings is 1. The van der Waals surface area contributed by atoms with E-state index < -0.39 is 0 Å². The number of anilines is 1. The zero-order valence-electron chi connectivity index (χ0n) is 10.6.